The Morgan fingerprint density at radius 1 is 1.62 bits per heavy atom. The molecule has 2 heterocycles. The molecular weight excluding hydrogens is 202 g/mol. The zero-order valence-corrected chi connectivity index (χ0v) is 9.95. The molecule has 1 aromatic heterocycles. The van der Waals surface area contributed by atoms with Gasteiger partial charge in [0.05, 0.1) is 0 Å². The molecule has 1 aliphatic heterocycles. The molecule has 0 spiro atoms. The van der Waals surface area contributed by atoms with Crippen LogP contribution >= 0.6 is 0 Å². The van der Waals surface area contributed by atoms with Gasteiger partial charge >= 0.3 is 0 Å². The van der Waals surface area contributed by atoms with Crippen LogP contribution in [0, 0.1) is 5.92 Å². The highest BCUT2D eigenvalue weighted by molar-refractivity contribution is 4.81. The summed E-state index contributed by atoms with van der Waals surface area (Å²) in [4.78, 5) is 6.52. The monoisotopic (exact) mass is 223 g/mol. The molecule has 1 aliphatic rings. The topological polar surface area (TPSA) is 56.8 Å². The van der Waals surface area contributed by atoms with Crippen LogP contribution in [0.25, 0.3) is 0 Å². The lowest BCUT2D eigenvalue weighted by atomic mass is 9.98. The Balaban J connectivity index is 1.57. The number of aromatic nitrogens is 3. The fourth-order valence-electron chi connectivity index (χ4n) is 2.30. The Morgan fingerprint density at radius 3 is 3.31 bits per heavy atom. The lowest BCUT2D eigenvalue weighted by Crippen LogP contribution is -2.37. The molecule has 2 N–H and O–H groups in total. The van der Waals surface area contributed by atoms with Crippen LogP contribution in [-0.4, -0.2) is 53.3 Å². The zero-order valence-electron chi connectivity index (χ0n) is 9.95. The lowest BCUT2D eigenvalue weighted by molar-refractivity contribution is 0.206. The third-order valence-corrected chi connectivity index (χ3v) is 3.16. The van der Waals surface area contributed by atoms with Crippen LogP contribution in [0.1, 0.15) is 18.7 Å². The van der Waals surface area contributed by atoms with E-state index in [1.807, 2.05) is 0 Å². The molecule has 0 bridgehead atoms. The highest BCUT2D eigenvalue weighted by atomic mass is 15.2. The van der Waals surface area contributed by atoms with Crippen LogP contribution in [0.15, 0.2) is 6.33 Å². The number of aromatic amines is 1. The van der Waals surface area contributed by atoms with Gasteiger partial charge in [-0.25, -0.2) is 4.98 Å². The van der Waals surface area contributed by atoms with Crippen LogP contribution in [-0.2, 0) is 6.42 Å². The summed E-state index contributed by atoms with van der Waals surface area (Å²) in [7, 11) is 2.21. The maximum absolute atomic E-state index is 4.10. The van der Waals surface area contributed by atoms with Crippen molar-refractivity contribution >= 4 is 0 Å². The number of hydrogen-bond acceptors (Lipinski definition) is 4. The first-order valence-corrected chi connectivity index (χ1v) is 6.08. The largest absolute Gasteiger partial charge is 0.316 e. The number of nitrogens with one attached hydrogen (secondary N) is 2. The second kappa shape index (κ2) is 5.96. The maximum Gasteiger partial charge on any atom is 0.137 e. The molecule has 5 heteroatoms. The Morgan fingerprint density at radius 2 is 2.56 bits per heavy atom. The van der Waals surface area contributed by atoms with Crippen LogP contribution in [0.2, 0.25) is 0 Å². The molecule has 90 valence electrons. The summed E-state index contributed by atoms with van der Waals surface area (Å²) < 4.78 is 0. The van der Waals surface area contributed by atoms with Crippen molar-refractivity contribution in [1.82, 2.24) is 25.4 Å². The number of piperidine rings is 1. The van der Waals surface area contributed by atoms with Gasteiger partial charge in [-0.3, -0.25) is 5.10 Å². The molecule has 16 heavy (non-hydrogen) atoms. The van der Waals surface area contributed by atoms with Gasteiger partial charge in [0.15, 0.2) is 0 Å². The van der Waals surface area contributed by atoms with Gasteiger partial charge in [-0.1, -0.05) is 0 Å². The van der Waals surface area contributed by atoms with E-state index < -0.39 is 0 Å². The van der Waals surface area contributed by atoms with Crippen LogP contribution in [0.3, 0.4) is 0 Å². The number of H-pyrrole nitrogens is 1. The third-order valence-electron chi connectivity index (χ3n) is 3.16. The fraction of sp³-hybridized carbons (Fsp3) is 0.818. The molecule has 1 unspecified atom stereocenters. The van der Waals surface area contributed by atoms with E-state index >= 15 is 0 Å². The normalized spacial score (nSPS) is 22.4. The van der Waals surface area contributed by atoms with Gasteiger partial charge in [-0.15, -0.1) is 0 Å². The second-order valence-corrected chi connectivity index (χ2v) is 4.66. The molecule has 5 nitrogen and oxygen atoms in total. The zero-order chi connectivity index (χ0) is 11.2. The summed E-state index contributed by atoms with van der Waals surface area (Å²) in [5.74, 6) is 1.78. The predicted molar refractivity (Wildman–Crippen MR) is 63.2 cm³/mol. The summed E-state index contributed by atoms with van der Waals surface area (Å²) in [6.07, 6.45) is 5.19. The van der Waals surface area contributed by atoms with Crippen LogP contribution < -0.4 is 5.32 Å². The summed E-state index contributed by atoms with van der Waals surface area (Å²) >= 11 is 0. The fourth-order valence-corrected chi connectivity index (χ4v) is 2.30. The Bertz CT molecular complexity index is 285. The van der Waals surface area contributed by atoms with Crippen molar-refractivity contribution in [3.8, 4) is 0 Å². The molecule has 2 rings (SSSR count). The average Bonchev–Trinajstić information content (AvgIpc) is 2.77. The van der Waals surface area contributed by atoms with E-state index in [1.54, 1.807) is 6.33 Å². The number of hydrogen-bond donors (Lipinski definition) is 2. The van der Waals surface area contributed by atoms with E-state index in [0.29, 0.717) is 0 Å². The highest BCUT2D eigenvalue weighted by Crippen LogP contribution is 2.13. The van der Waals surface area contributed by atoms with Gasteiger partial charge < -0.3 is 10.2 Å². The Hall–Kier alpha value is -0.940. The van der Waals surface area contributed by atoms with Crippen molar-refractivity contribution < 1.29 is 0 Å². The number of nitrogens with zero attached hydrogens (tertiary/aromatic N) is 3. The first-order valence-electron chi connectivity index (χ1n) is 6.08. The van der Waals surface area contributed by atoms with Gasteiger partial charge in [0.1, 0.15) is 12.2 Å². The van der Waals surface area contributed by atoms with E-state index in [2.05, 4.69) is 32.4 Å². The summed E-state index contributed by atoms with van der Waals surface area (Å²) in [6.45, 7) is 4.59. The standard InChI is InChI=1S/C11H21N5/c1-16-6-2-3-10(8-16)7-12-5-4-11-13-9-14-15-11/h9-10,12H,2-8H2,1H3,(H,13,14,15). The third kappa shape index (κ3) is 3.57. The van der Waals surface area contributed by atoms with Gasteiger partial charge in [0.25, 0.3) is 0 Å². The molecule has 1 atom stereocenters. The first kappa shape index (κ1) is 11.5. The van der Waals surface area contributed by atoms with Gasteiger partial charge in [0.2, 0.25) is 0 Å². The minimum absolute atomic E-state index is 0.813. The quantitative estimate of drug-likeness (QED) is 0.704. The summed E-state index contributed by atoms with van der Waals surface area (Å²) in [5, 5.41) is 10.2. The molecule has 1 fully saturated rings. The summed E-state index contributed by atoms with van der Waals surface area (Å²) in [5.41, 5.74) is 0. The number of likely N-dealkylation sites (tertiary alicyclic amines) is 1. The van der Waals surface area contributed by atoms with Crippen molar-refractivity contribution in [3.05, 3.63) is 12.2 Å². The summed E-state index contributed by atoms with van der Waals surface area (Å²) in [6, 6.07) is 0. The van der Waals surface area contributed by atoms with Gasteiger partial charge in [-0.2, -0.15) is 5.10 Å². The van der Waals surface area contributed by atoms with Crippen LogP contribution in [0.4, 0.5) is 0 Å². The first-order chi connectivity index (χ1) is 7.84. The highest BCUT2D eigenvalue weighted by Gasteiger charge is 2.16. The van der Waals surface area contributed by atoms with Crippen molar-refractivity contribution in [1.29, 1.82) is 0 Å². The molecule has 1 saturated heterocycles. The molecule has 0 saturated carbocycles. The van der Waals surface area contributed by atoms with Crippen molar-refractivity contribution in [2.24, 2.45) is 5.92 Å². The number of rotatable bonds is 5. The molecule has 0 amide bonds. The second-order valence-electron chi connectivity index (χ2n) is 4.66. The van der Waals surface area contributed by atoms with Crippen molar-refractivity contribution in [2.75, 3.05) is 33.2 Å². The Kier molecular flexibility index (Phi) is 4.30. The average molecular weight is 223 g/mol. The van der Waals surface area contributed by atoms with E-state index in [0.717, 1.165) is 31.3 Å². The van der Waals surface area contributed by atoms with Crippen LogP contribution in [0.5, 0.6) is 0 Å². The molecule has 0 radical (unpaired) electrons. The molecule has 0 aliphatic carbocycles. The maximum atomic E-state index is 4.10. The van der Waals surface area contributed by atoms with Crippen molar-refractivity contribution in [2.45, 2.75) is 19.3 Å². The smallest absolute Gasteiger partial charge is 0.137 e. The van der Waals surface area contributed by atoms with E-state index in [1.165, 1.54) is 25.9 Å². The molecule has 0 aromatic carbocycles. The Labute approximate surface area is 96.6 Å². The van der Waals surface area contributed by atoms with E-state index in [4.69, 9.17) is 0 Å². The SMILES string of the molecule is CN1CCCC(CNCCc2ncn[nH]2)C1. The minimum Gasteiger partial charge on any atom is -0.316 e. The molecular formula is C11H21N5. The lowest BCUT2D eigenvalue weighted by Gasteiger charge is -2.29. The van der Waals surface area contributed by atoms with Gasteiger partial charge in [0, 0.05) is 19.5 Å². The van der Waals surface area contributed by atoms with E-state index in [-0.39, 0.29) is 0 Å². The molecule has 1 aromatic rings. The van der Waals surface area contributed by atoms with Gasteiger partial charge in [-0.05, 0) is 38.9 Å². The predicted octanol–water partition coefficient (Wildman–Crippen LogP) is 0.279. The van der Waals surface area contributed by atoms with E-state index in [9.17, 15) is 0 Å². The van der Waals surface area contributed by atoms with Crippen molar-refractivity contribution in [3.63, 3.8) is 0 Å². The minimum atomic E-state index is 0.813.